The molecule has 2 rings (SSSR count). The molecule has 0 aromatic heterocycles. The first-order valence-corrected chi connectivity index (χ1v) is 5.26. The van der Waals surface area contributed by atoms with Crippen LogP contribution in [0.3, 0.4) is 0 Å². The zero-order valence-electron chi connectivity index (χ0n) is 9.66. The number of rotatable bonds is 1. The monoisotopic (exact) mass is 218 g/mol. The van der Waals surface area contributed by atoms with Crippen molar-refractivity contribution in [3.63, 3.8) is 0 Å². The Morgan fingerprint density at radius 2 is 1.69 bits per heavy atom. The molecule has 1 saturated heterocycles. The highest BCUT2D eigenvalue weighted by Gasteiger charge is 2.46. The van der Waals surface area contributed by atoms with E-state index >= 15 is 0 Å². The van der Waals surface area contributed by atoms with E-state index in [0.29, 0.717) is 0 Å². The molecular formula is C13H14O3. The lowest BCUT2D eigenvalue weighted by atomic mass is 9.80. The Morgan fingerprint density at radius 3 is 2.12 bits per heavy atom. The summed E-state index contributed by atoms with van der Waals surface area (Å²) in [4.78, 5) is 22.9. The van der Waals surface area contributed by atoms with Crippen molar-refractivity contribution >= 4 is 11.9 Å². The molecule has 1 aromatic carbocycles. The molecule has 16 heavy (non-hydrogen) atoms. The molecule has 1 fully saturated rings. The maximum Gasteiger partial charge on any atom is 0.324 e. The smallest absolute Gasteiger partial charge is 0.324 e. The van der Waals surface area contributed by atoms with Crippen LogP contribution in [0.2, 0.25) is 0 Å². The molecule has 1 heterocycles. The zero-order valence-corrected chi connectivity index (χ0v) is 9.66. The Morgan fingerprint density at radius 1 is 1.12 bits per heavy atom. The van der Waals surface area contributed by atoms with E-state index in [1.165, 1.54) is 0 Å². The largest absolute Gasteiger partial charge is 0.392 e. The van der Waals surface area contributed by atoms with Gasteiger partial charge >= 0.3 is 11.9 Å². The third-order valence-electron chi connectivity index (χ3n) is 3.01. The summed E-state index contributed by atoms with van der Waals surface area (Å²) < 4.78 is 4.63. The van der Waals surface area contributed by atoms with Gasteiger partial charge in [-0.3, -0.25) is 9.59 Å². The van der Waals surface area contributed by atoms with E-state index in [9.17, 15) is 9.59 Å². The second-order valence-corrected chi connectivity index (χ2v) is 4.65. The van der Waals surface area contributed by atoms with Crippen LogP contribution in [0.4, 0.5) is 0 Å². The molecule has 0 bridgehead atoms. The Bertz CT molecular complexity index is 456. The van der Waals surface area contributed by atoms with Gasteiger partial charge in [-0.2, -0.15) is 0 Å². The van der Waals surface area contributed by atoms with Crippen molar-refractivity contribution in [2.24, 2.45) is 0 Å². The van der Waals surface area contributed by atoms with Crippen LogP contribution in [0.1, 0.15) is 30.0 Å². The molecule has 3 heteroatoms. The Balaban J connectivity index is 2.51. The van der Waals surface area contributed by atoms with Gasteiger partial charge in [-0.1, -0.05) is 29.3 Å². The third kappa shape index (κ3) is 1.62. The van der Waals surface area contributed by atoms with Crippen LogP contribution < -0.4 is 0 Å². The minimum Gasteiger partial charge on any atom is -0.392 e. The first kappa shape index (κ1) is 10.9. The van der Waals surface area contributed by atoms with Gasteiger partial charge in [0.15, 0.2) is 0 Å². The van der Waals surface area contributed by atoms with Crippen LogP contribution >= 0.6 is 0 Å². The molecule has 1 aliphatic heterocycles. The first-order chi connectivity index (χ1) is 7.41. The van der Waals surface area contributed by atoms with E-state index in [4.69, 9.17) is 0 Å². The molecule has 0 aliphatic carbocycles. The van der Waals surface area contributed by atoms with Crippen molar-refractivity contribution in [1.29, 1.82) is 0 Å². The summed E-state index contributed by atoms with van der Waals surface area (Å²) in [6.07, 6.45) is 0.134. The average Bonchev–Trinajstić information content (AvgIpc) is 2.40. The summed E-state index contributed by atoms with van der Waals surface area (Å²) in [7, 11) is 0. The molecule has 84 valence electrons. The van der Waals surface area contributed by atoms with Gasteiger partial charge in [0.25, 0.3) is 0 Å². The van der Waals surface area contributed by atoms with Crippen LogP contribution in [-0.2, 0) is 19.7 Å². The van der Waals surface area contributed by atoms with Crippen LogP contribution in [-0.4, -0.2) is 11.9 Å². The lowest BCUT2D eigenvalue weighted by molar-refractivity contribution is -0.153. The number of carbonyl (C=O) groups is 2. The van der Waals surface area contributed by atoms with Crippen molar-refractivity contribution in [2.75, 3.05) is 0 Å². The summed E-state index contributed by atoms with van der Waals surface area (Å²) in [6.45, 7) is 5.71. The highest BCUT2D eigenvalue weighted by atomic mass is 16.6. The predicted octanol–water partition coefficient (Wildman–Crippen LogP) is 2.03. The van der Waals surface area contributed by atoms with E-state index in [1.807, 2.05) is 32.0 Å². The first-order valence-electron chi connectivity index (χ1n) is 5.26. The molecule has 0 radical (unpaired) electrons. The summed E-state index contributed by atoms with van der Waals surface area (Å²) in [5.74, 6) is -0.880. The van der Waals surface area contributed by atoms with Gasteiger partial charge < -0.3 is 4.74 Å². The second-order valence-electron chi connectivity index (χ2n) is 4.65. The van der Waals surface area contributed by atoms with Crippen molar-refractivity contribution in [1.82, 2.24) is 0 Å². The standard InChI is InChI=1S/C13H14O3/c1-8-4-9(2)6-10(5-8)13(3)7-11(14)16-12(13)15/h4-6H,7H2,1-3H3. The highest BCUT2D eigenvalue weighted by molar-refractivity contribution is 6.00. The zero-order chi connectivity index (χ0) is 11.9. The fourth-order valence-corrected chi connectivity index (χ4v) is 2.13. The quantitative estimate of drug-likeness (QED) is 0.535. The van der Waals surface area contributed by atoms with E-state index in [0.717, 1.165) is 16.7 Å². The topological polar surface area (TPSA) is 43.4 Å². The fourth-order valence-electron chi connectivity index (χ4n) is 2.13. The fraction of sp³-hybridized carbons (Fsp3) is 0.385. The summed E-state index contributed by atoms with van der Waals surface area (Å²) in [6, 6.07) is 5.91. The third-order valence-corrected chi connectivity index (χ3v) is 3.01. The molecule has 1 atom stereocenters. The Hall–Kier alpha value is -1.64. The average molecular weight is 218 g/mol. The van der Waals surface area contributed by atoms with Gasteiger partial charge in [0, 0.05) is 0 Å². The molecule has 0 N–H and O–H groups in total. The molecule has 3 nitrogen and oxygen atoms in total. The van der Waals surface area contributed by atoms with Gasteiger partial charge in [-0.15, -0.1) is 0 Å². The van der Waals surface area contributed by atoms with Gasteiger partial charge in [0.2, 0.25) is 0 Å². The predicted molar refractivity (Wildman–Crippen MR) is 59.0 cm³/mol. The number of cyclic esters (lactones) is 2. The SMILES string of the molecule is Cc1cc(C)cc(C2(C)CC(=O)OC2=O)c1. The minimum absolute atomic E-state index is 0.134. The number of carbonyl (C=O) groups excluding carboxylic acids is 2. The summed E-state index contributed by atoms with van der Waals surface area (Å²) >= 11 is 0. The minimum atomic E-state index is -0.812. The van der Waals surface area contributed by atoms with E-state index in [1.54, 1.807) is 6.92 Å². The molecule has 0 spiro atoms. The van der Waals surface area contributed by atoms with E-state index in [2.05, 4.69) is 4.74 Å². The van der Waals surface area contributed by atoms with Crippen LogP contribution in [0.25, 0.3) is 0 Å². The molecule has 1 unspecified atom stereocenters. The number of aryl methyl sites for hydroxylation is 2. The number of ether oxygens (including phenoxy) is 1. The lowest BCUT2D eigenvalue weighted by Crippen LogP contribution is -2.27. The maximum absolute atomic E-state index is 11.7. The molecule has 0 amide bonds. The molecule has 1 aliphatic rings. The van der Waals surface area contributed by atoms with Crippen molar-refractivity contribution < 1.29 is 14.3 Å². The summed E-state index contributed by atoms with van der Waals surface area (Å²) in [5.41, 5.74) is 2.22. The van der Waals surface area contributed by atoms with E-state index < -0.39 is 17.4 Å². The highest BCUT2D eigenvalue weighted by Crippen LogP contribution is 2.35. The van der Waals surface area contributed by atoms with Crippen LogP contribution in [0.15, 0.2) is 18.2 Å². The maximum atomic E-state index is 11.7. The van der Waals surface area contributed by atoms with Gasteiger partial charge in [0.1, 0.15) is 5.41 Å². The number of hydrogen-bond donors (Lipinski definition) is 0. The Labute approximate surface area is 94.4 Å². The van der Waals surface area contributed by atoms with Crippen molar-refractivity contribution in [3.8, 4) is 0 Å². The van der Waals surface area contributed by atoms with Gasteiger partial charge in [-0.05, 0) is 26.3 Å². The van der Waals surface area contributed by atoms with Crippen LogP contribution in [0, 0.1) is 13.8 Å². The van der Waals surface area contributed by atoms with Crippen LogP contribution in [0.5, 0.6) is 0 Å². The van der Waals surface area contributed by atoms with E-state index in [-0.39, 0.29) is 6.42 Å². The second kappa shape index (κ2) is 3.44. The number of benzene rings is 1. The molecule has 1 aromatic rings. The summed E-state index contributed by atoms with van der Waals surface area (Å²) in [5, 5.41) is 0. The van der Waals surface area contributed by atoms with Gasteiger partial charge in [-0.25, -0.2) is 0 Å². The molecule has 0 saturated carbocycles. The Kier molecular flexibility index (Phi) is 2.34. The van der Waals surface area contributed by atoms with Crippen molar-refractivity contribution in [3.05, 3.63) is 34.9 Å². The lowest BCUT2D eigenvalue weighted by Gasteiger charge is -2.19. The molecular weight excluding hydrogens is 204 g/mol. The van der Waals surface area contributed by atoms with Gasteiger partial charge in [0.05, 0.1) is 6.42 Å². The van der Waals surface area contributed by atoms with Crippen molar-refractivity contribution in [2.45, 2.75) is 32.6 Å². The normalized spacial score (nSPS) is 24.7. The number of esters is 2. The number of hydrogen-bond acceptors (Lipinski definition) is 3.